The summed E-state index contributed by atoms with van der Waals surface area (Å²) in [7, 11) is -2.31. The van der Waals surface area contributed by atoms with Gasteiger partial charge in [0.05, 0.1) is 10.4 Å². The van der Waals surface area contributed by atoms with Crippen LogP contribution in [0, 0.1) is 0 Å². The Morgan fingerprint density at radius 3 is 2.65 bits per heavy atom. The first-order chi connectivity index (χ1) is 9.47. The van der Waals surface area contributed by atoms with Gasteiger partial charge in [0.1, 0.15) is 12.7 Å². The number of nitrogens with one attached hydrogen (secondary N) is 1. The first-order valence-corrected chi connectivity index (χ1v) is 6.93. The molecular weight excluding hydrogens is 286 g/mol. The molecule has 0 aliphatic carbocycles. The number of hydrogen-bond donors (Lipinski definition) is 1. The summed E-state index contributed by atoms with van der Waals surface area (Å²) in [5.41, 5.74) is 0.711. The van der Waals surface area contributed by atoms with Crippen molar-refractivity contribution in [2.45, 2.75) is 4.90 Å². The van der Waals surface area contributed by atoms with Crippen molar-refractivity contribution in [2.75, 3.05) is 4.83 Å². The zero-order chi connectivity index (χ0) is 14.3. The minimum Gasteiger partial charge on any atom is -0.408 e. The monoisotopic (exact) mass is 295 g/mol. The highest BCUT2D eigenvalue weighted by Crippen LogP contribution is 2.18. The fraction of sp³-hybridized carbons (Fsp3) is 0.100. The molecule has 10 heteroatoms. The number of benzene rings is 1. The molecule has 104 valence electrons. The van der Waals surface area contributed by atoms with E-state index in [1.54, 1.807) is 0 Å². The average molecular weight is 295 g/mol. The van der Waals surface area contributed by atoms with Gasteiger partial charge in [-0.2, -0.15) is 8.42 Å². The van der Waals surface area contributed by atoms with Crippen LogP contribution in [0.25, 0.3) is 11.1 Å². The number of sulfonamides is 1. The third-order valence-electron chi connectivity index (χ3n) is 2.72. The number of aryl methyl sites for hydroxylation is 1. The molecule has 2 heterocycles. The summed E-state index contributed by atoms with van der Waals surface area (Å²) in [5, 5.41) is 6.99. The Labute approximate surface area is 112 Å². The standard InChI is InChI=1S/C10H9N5O4S/c1-14-8-4-7(2-3-9(8)19-10(14)16)20(17,18)13-15-5-11-12-6-15/h2-6,13H,1H3. The molecule has 0 saturated heterocycles. The van der Waals surface area contributed by atoms with Crippen LogP contribution in [-0.2, 0) is 17.1 Å². The van der Waals surface area contributed by atoms with Crippen molar-refractivity contribution in [1.82, 2.24) is 19.4 Å². The number of aromatic nitrogens is 4. The third kappa shape index (κ3) is 1.95. The van der Waals surface area contributed by atoms with Gasteiger partial charge in [-0.05, 0) is 18.2 Å². The number of nitrogens with zero attached hydrogens (tertiary/aromatic N) is 4. The molecule has 0 saturated carbocycles. The lowest BCUT2D eigenvalue weighted by Crippen LogP contribution is -2.22. The van der Waals surface area contributed by atoms with E-state index in [1.807, 2.05) is 0 Å². The summed E-state index contributed by atoms with van der Waals surface area (Å²) in [6.07, 6.45) is 2.42. The molecule has 0 fully saturated rings. The van der Waals surface area contributed by atoms with Gasteiger partial charge in [-0.1, -0.05) is 0 Å². The van der Waals surface area contributed by atoms with Crippen LogP contribution in [0.5, 0.6) is 0 Å². The number of rotatable bonds is 3. The molecule has 1 aromatic carbocycles. The highest BCUT2D eigenvalue weighted by molar-refractivity contribution is 7.92. The van der Waals surface area contributed by atoms with E-state index < -0.39 is 15.8 Å². The molecule has 1 N–H and O–H groups in total. The van der Waals surface area contributed by atoms with Crippen LogP contribution in [0.2, 0.25) is 0 Å². The molecule has 0 radical (unpaired) electrons. The zero-order valence-corrected chi connectivity index (χ0v) is 11.0. The molecule has 0 spiro atoms. The number of fused-ring (bicyclic) bond motifs is 1. The molecule has 9 nitrogen and oxygen atoms in total. The highest BCUT2D eigenvalue weighted by Gasteiger charge is 2.17. The molecule has 0 unspecified atom stereocenters. The molecule has 0 atom stereocenters. The van der Waals surface area contributed by atoms with E-state index in [2.05, 4.69) is 15.0 Å². The third-order valence-corrected chi connectivity index (χ3v) is 4.04. The first-order valence-electron chi connectivity index (χ1n) is 5.44. The lowest BCUT2D eigenvalue weighted by molar-refractivity contribution is 0.528. The van der Waals surface area contributed by atoms with Crippen molar-refractivity contribution in [3.8, 4) is 0 Å². The van der Waals surface area contributed by atoms with Crippen molar-refractivity contribution in [2.24, 2.45) is 7.05 Å². The van der Waals surface area contributed by atoms with Gasteiger partial charge in [-0.3, -0.25) is 4.57 Å². The summed E-state index contributed by atoms with van der Waals surface area (Å²) < 4.78 is 31.6. The number of hydrogen-bond acceptors (Lipinski definition) is 6. The minimum atomic E-state index is -3.81. The van der Waals surface area contributed by atoms with Gasteiger partial charge in [-0.25, -0.2) is 14.3 Å². The summed E-state index contributed by atoms with van der Waals surface area (Å²) in [5.74, 6) is -0.554. The first kappa shape index (κ1) is 12.4. The van der Waals surface area contributed by atoms with Crippen LogP contribution in [-0.4, -0.2) is 27.9 Å². The van der Waals surface area contributed by atoms with Gasteiger partial charge in [0.2, 0.25) is 0 Å². The molecule has 0 aliphatic heterocycles. The van der Waals surface area contributed by atoms with Crippen molar-refractivity contribution in [1.29, 1.82) is 0 Å². The maximum Gasteiger partial charge on any atom is 0.419 e. The Bertz CT molecular complexity index is 922. The average Bonchev–Trinajstić information content (AvgIpc) is 2.98. The Kier molecular flexibility index (Phi) is 2.61. The van der Waals surface area contributed by atoms with Crippen LogP contribution in [0.15, 0.2) is 45.0 Å². The van der Waals surface area contributed by atoms with E-state index in [0.29, 0.717) is 11.1 Å². The molecular formula is C10H9N5O4S. The topological polar surface area (TPSA) is 112 Å². The van der Waals surface area contributed by atoms with Crippen LogP contribution in [0.4, 0.5) is 0 Å². The Hall–Kier alpha value is -2.62. The predicted octanol–water partition coefficient (Wildman–Crippen LogP) is -0.345. The molecule has 0 aliphatic rings. The summed E-state index contributed by atoms with van der Waals surface area (Å²) in [4.78, 5) is 13.6. The van der Waals surface area contributed by atoms with E-state index in [-0.39, 0.29) is 4.90 Å². The predicted molar refractivity (Wildman–Crippen MR) is 68.0 cm³/mol. The maximum absolute atomic E-state index is 12.2. The Morgan fingerprint density at radius 2 is 1.95 bits per heavy atom. The Balaban J connectivity index is 2.09. The van der Waals surface area contributed by atoms with Crippen LogP contribution in [0.3, 0.4) is 0 Å². The maximum atomic E-state index is 12.2. The molecule has 3 rings (SSSR count). The smallest absolute Gasteiger partial charge is 0.408 e. The fourth-order valence-electron chi connectivity index (χ4n) is 1.71. The van der Waals surface area contributed by atoms with E-state index in [1.165, 1.54) is 42.5 Å². The Morgan fingerprint density at radius 1 is 1.25 bits per heavy atom. The lowest BCUT2D eigenvalue weighted by atomic mass is 10.3. The van der Waals surface area contributed by atoms with E-state index in [4.69, 9.17) is 4.42 Å². The molecule has 20 heavy (non-hydrogen) atoms. The largest absolute Gasteiger partial charge is 0.419 e. The highest BCUT2D eigenvalue weighted by atomic mass is 32.2. The zero-order valence-electron chi connectivity index (χ0n) is 10.2. The summed E-state index contributed by atoms with van der Waals surface area (Å²) in [6, 6.07) is 4.13. The second kappa shape index (κ2) is 4.20. The van der Waals surface area contributed by atoms with Crippen molar-refractivity contribution in [3.05, 3.63) is 41.4 Å². The van der Waals surface area contributed by atoms with Crippen LogP contribution >= 0.6 is 0 Å². The molecule has 2 aromatic heterocycles. The quantitative estimate of drug-likeness (QED) is 0.707. The van der Waals surface area contributed by atoms with Gasteiger partial charge < -0.3 is 4.42 Å². The van der Waals surface area contributed by atoms with Crippen molar-refractivity contribution in [3.63, 3.8) is 0 Å². The SMILES string of the molecule is Cn1c(=O)oc2ccc(S(=O)(=O)Nn3cnnc3)cc21. The lowest BCUT2D eigenvalue weighted by Gasteiger charge is -2.07. The van der Waals surface area contributed by atoms with Gasteiger partial charge in [-0.15, -0.1) is 10.2 Å². The van der Waals surface area contributed by atoms with Gasteiger partial charge in [0.15, 0.2) is 5.58 Å². The number of oxazole rings is 1. The van der Waals surface area contributed by atoms with Crippen molar-refractivity contribution >= 4 is 21.1 Å². The van der Waals surface area contributed by atoms with Crippen LogP contribution < -0.4 is 10.6 Å². The van der Waals surface area contributed by atoms with Crippen LogP contribution in [0.1, 0.15) is 0 Å². The molecule has 3 aromatic rings. The second-order valence-corrected chi connectivity index (χ2v) is 5.68. The summed E-state index contributed by atoms with van der Waals surface area (Å²) >= 11 is 0. The normalized spacial score (nSPS) is 11.8. The van der Waals surface area contributed by atoms with Gasteiger partial charge in [0.25, 0.3) is 10.0 Å². The van der Waals surface area contributed by atoms with E-state index in [0.717, 1.165) is 4.68 Å². The minimum absolute atomic E-state index is 0.00454. The summed E-state index contributed by atoms with van der Waals surface area (Å²) in [6.45, 7) is 0. The van der Waals surface area contributed by atoms with Gasteiger partial charge in [0, 0.05) is 7.05 Å². The van der Waals surface area contributed by atoms with E-state index >= 15 is 0 Å². The molecule has 0 bridgehead atoms. The fourth-order valence-corrected chi connectivity index (χ4v) is 2.70. The van der Waals surface area contributed by atoms with Gasteiger partial charge >= 0.3 is 5.76 Å². The van der Waals surface area contributed by atoms with Crippen molar-refractivity contribution < 1.29 is 12.8 Å². The second-order valence-electron chi connectivity index (χ2n) is 4.02. The molecule has 0 amide bonds. The van der Waals surface area contributed by atoms with E-state index in [9.17, 15) is 13.2 Å².